The zero-order valence-corrected chi connectivity index (χ0v) is 16.0. The van der Waals surface area contributed by atoms with Gasteiger partial charge in [-0.3, -0.25) is 9.48 Å². The highest BCUT2D eigenvalue weighted by molar-refractivity contribution is 5.99. The van der Waals surface area contributed by atoms with E-state index in [1.807, 2.05) is 54.6 Å². The number of aliphatic hydroxyl groups is 1. The fraction of sp³-hybridized carbons (Fsp3) is 0.174. The van der Waals surface area contributed by atoms with E-state index < -0.39 is 0 Å². The van der Waals surface area contributed by atoms with Gasteiger partial charge in [-0.1, -0.05) is 47.7 Å². The maximum absolute atomic E-state index is 12.4. The van der Waals surface area contributed by atoms with Crippen LogP contribution in [0.15, 0.2) is 73.1 Å². The number of hydrogen-bond acceptors (Lipinski definition) is 4. The minimum absolute atomic E-state index is 0.00420. The van der Waals surface area contributed by atoms with Crippen LogP contribution in [0.5, 0.6) is 0 Å². The number of aliphatic hydroxyl groups excluding tert-OH is 1. The van der Waals surface area contributed by atoms with E-state index in [4.69, 9.17) is 0 Å². The predicted octanol–water partition coefficient (Wildman–Crippen LogP) is 3.41. The van der Waals surface area contributed by atoms with Gasteiger partial charge in [0.2, 0.25) is 0 Å². The lowest BCUT2D eigenvalue weighted by Crippen LogP contribution is -2.25. The molecule has 0 atom stereocenters. The normalized spacial score (nSPS) is 10.9. The van der Waals surface area contributed by atoms with Gasteiger partial charge in [-0.05, 0) is 52.1 Å². The van der Waals surface area contributed by atoms with Gasteiger partial charge in [0, 0.05) is 24.8 Å². The van der Waals surface area contributed by atoms with Crippen molar-refractivity contribution in [3.05, 3.63) is 84.2 Å². The summed E-state index contributed by atoms with van der Waals surface area (Å²) in [6.07, 6.45) is 4.23. The Kier molecular flexibility index (Phi) is 5.63. The van der Waals surface area contributed by atoms with Crippen LogP contribution >= 0.6 is 0 Å². The molecule has 1 amide bonds. The molecule has 0 saturated carbocycles. The largest absolute Gasteiger partial charge is 0.392 e. The molecule has 6 heteroatoms. The van der Waals surface area contributed by atoms with Crippen LogP contribution in [0.1, 0.15) is 22.3 Å². The maximum atomic E-state index is 12.4. The molecule has 0 radical (unpaired) electrons. The number of nitrogens with zero attached hydrogens (tertiary/aromatic N) is 3. The Morgan fingerprint density at radius 3 is 2.69 bits per heavy atom. The molecule has 4 aromatic rings. The Balaban J connectivity index is 1.46. The van der Waals surface area contributed by atoms with Crippen LogP contribution in [0.2, 0.25) is 0 Å². The maximum Gasteiger partial charge on any atom is 0.251 e. The molecule has 4 rings (SSSR count). The van der Waals surface area contributed by atoms with Gasteiger partial charge in [-0.25, -0.2) is 0 Å². The minimum Gasteiger partial charge on any atom is -0.392 e. The van der Waals surface area contributed by atoms with Gasteiger partial charge in [0.1, 0.15) is 0 Å². The van der Waals surface area contributed by atoms with Crippen molar-refractivity contribution in [3.8, 4) is 11.1 Å². The molecule has 2 N–H and O–H groups in total. The molecule has 0 bridgehead atoms. The Bertz CT molecular complexity index is 1120. The molecule has 1 aromatic heterocycles. The lowest BCUT2D eigenvalue weighted by molar-refractivity contribution is 0.0952. The van der Waals surface area contributed by atoms with Crippen molar-refractivity contribution in [2.24, 2.45) is 0 Å². The van der Waals surface area contributed by atoms with E-state index in [-0.39, 0.29) is 12.5 Å². The molecule has 6 nitrogen and oxygen atoms in total. The molecule has 1 heterocycles. The Hall–Kier alpha value is -3.51. The first-order valence-corrected chi connectivity index (χ1v) is 9.60. The number of aromatic nitrogens is 3. The fourth-order valence-electron chi connectivity index (χ4n) is 3.39. The van der Waals surface area contributed by atoms with E-state index in [9.17, 15) is 9.90 Å². The Morgan fingerprint density at radius 1 is 1.03 bits per heavy atom. The first kappa shape index (κ1) is 18.8. The van der Waals surface area contributed by atoms with Gasteiger partial charge in [0.15, 0.2) is 0 Å². The Labute approximate surface area is 168 Å². The second-order valence-electron chi connectivity index (χ2n) is 6.87. The smallest absolute Gasteiger partial charge is 0.251 e. The molecular weight excluding hydrogens is 364 g/mol. The molecule has 0 aliphatic rings. The van der Waals surface area contributed by atoms with Crippen molar-refractivity contribution in [3.63, 3.8) is 0 Å². The highest BCUT2D eigenvalue weighted by Gasteiger charge is 2.08. The number of carbonyl (C=O) groups excluding carboxylic acids is 1. The Morgan fingerprint density at radius 2 is 1.86 bits per heavy atom. The third-order valence-electron chi connectivity index (χ3n) is 4.92. The van der Waals surface area contributed by atoms with Crippen molar-refractivity contribution >= 4 is 16.7 Å². The topological polar surface area (TPSA) is 80.0 Å². The second kappa shape index (κ2) is 8.67. The van der Waals surface area contributed by atoms with Gasteiger partial charge in [0.25, 0.3) is 5.91 Å². The van der Waals surface area contributed by atoms with Crippen LogP contribution < -0.4 is 5.32 Å². The van der Waals surface area contributed by atoms with Gasteiger partial charge in [-0.2, -0.15) is 0 Å². The van der Waals surface area contributed by atoms with Crippen LogP contribution in [0.25, 0.3) is 21.9 Å². The van der Waals surface area contributed by atoms with Gasteiger partial charge in [0.05, 0.1) is 12.8 Å². The summed E-state index contributed by atoms with van der Waals surface area (Å²) in [5.74, 6) is -0.0832. The first-order valence-electron chi connectivity index (χ1n) is 9.60. The third-order valence-corrected chi connectivity index (χ3v) is 4.92. The average Bonchev–Trinajstić information content (AvgIpc) is 3.29. The molecular formula is C23H22N4O2. The molecule has 146 valence electrons. The van der Waals surface area contributed by atoms with E-state index in [0.29, 0.717) is 12.1 Å². The lowest BCUT2D eigenvalue weighted by Gasteiger charge is -2.10. The number of rotatable bonds is 7. The number of nitrogens with one attached hydrogen (secondary N) is 1. The zero-order chi connectivity index (χ0) is 20.1. The molecule has 0 spiro atoms. The zero-order valence-electron chi connectivity index (χ0n) is 16.0. The number of benzene rings is 3. The van der Waals surface area contributed by atoms with Crippen molar-refractivity contribution in [2.45, 2.75) is 19.6 Å². The average molecular weight is 386 g/mol. The SMILES string of the molecule is O=C(NCCCn1ccnn1)c1ccc2cc(-c3ccccc3CO)ccc2c1. The summed E-state index contributed by atoms with van der Waals surface area (Å²) in [6.45, 7) is 1.30. The van der Waals surface area contributed by atoms with E-state index in [1.165, 1.54) is 0 Å². The molecule has 0 fully saturated rings. The highest BCUT2D eigenvalue weighted by Crippen LogP contribution is 2.28. The van der Waals surface area contributed by atoms with E-state index in [2.05, 4.69) is 21.7 Å². The number of aryl methyl sites for hydroxylation is 1. The van der Waals surface area contributed by atoms with Crippen molar-refractivity contribution in [2.75, 3.05) is 6.54 Å². The second-order valence-corrected chi connectivity index (χ2v) is 6.87. The van der Waals surface area contributed by atoms with Gasteiger partial charge in [-0.15, -0.1) is 5.10 Å². The van der Waals surface area contributed by atoms with Crippen LogP contribution in [-0.2, 0) is 13.2 Å². The molecule has 0 saturated heterocycles. The van der Waals surface area contributed by atoms with Crippen LogP contribution in [0.4, 0.5) is 0 Å². The minimum atomic E-state index is -0.0832. The van der Waals surface area contributed by atoms with Gasteiger partial charge >= 0.3 is 0 Å². The number of amides is 1. The quantitative estimate of drug-likeness (QED) is 0.477. The lowest BCUT2D eigenvalue weighted by atomic mass is 9.96. The van der Waals surface area contributed by atoms with Crippen LogP contribution in [-0.4, -0.2) is 32.6 Å². The number of fused-ring (bicyclic) bond motifs is 1. The summed E-state index contributed by atoms with van der Waals surface area (Å²) in [5, 5.41) is 22.3. The molecule has 0 aliphatic carbocycles. The molecule has 0 aliphatic heterocycles. The van der Waals surface area contributed by atoms with E-state index in [0.717, 1.165) is 40.4 Å². The highest BCUT2D eigenvalue weighted by atomic mass is 16.3. The van der Waals surface area contributed by atoms with E-state index >= 15 is 0 Å². The summed E-state index contributed by atoms with van der Waals surface area (Å²) < 4.78 is 1.74. The number of hydrogen-bond donors (Lipinski definition) is 2. The molecule has 3 aromatic carbocycles. The van der Waals surface area contributed by atoms with Crippen molar-refractivity contribution in [1.29, 1.82) is 0 Å². The standard InChI is InChI=1S/C23H22N4O2/c28-16-21-4-1-2-5-22(21)19-8-6-18-15-20(9-7-17(18)14-19)23(29)24-10-3-12-27-13-11-25-26-27/h1-2,4-9,11,13-15,28H,3,10,12,16H2,(H,24,29). The summed E-state index contributed by atoms with van der Waals surface area (Å²) in [4.78, 5) is 12.4. The van der Waals surface area contributed by atoms with Crippen LogP contribution in [0.3, 0.4) is 0 Å². The van der Waals surface area contributed by atoms with Gasteiger partial charge < -0.3 is 10.4 Å². The summed E-state index contributed by atoms with van der Waals surface area (Å²) in [6, 6.07) is 19.7. The number of carbonyl (C=O) groups is 1. The van der Waals surface area contributed by atoms with E-state index in [1.54, 1.807) is 17.1 Å². The molecule has 29 heavy (non-hydrogen) atoms. The fourth-order valence-corrected chi connectivity index (χ4v) is 3.39. The molecule has 0 unspecified atom stereocenters. The van der Waals surface area contributed by atoms with Crippen molar-refractivity contribution < 1.29 is 9.90 Å². The predicted molar refractivity (Wildman–Crippen MR) is 112 cm³/mol. The summed E-state index contributed by atoms with van der Waals surface area (Å²) in [7, 11) is 0. The monoisotopic (exact) mass is 386 g/mol. The first-order chi connectivity index (χ1) is 14.2. The van der Waals surface area contributed by atoms with Crippen LogP contribution in [0, 0.1) is 0 Å². The van der Waals surface area contributed by atoms with Crippen molar-refractivity contribution in [1.82, 2.24) is 20.3 Å². The summed E-state index contributed by atoms with van der Waals surface area (Å²) in [5.41, 5.74) is 3.61. The third kappa shape index (κ3) is 4.33. The summed E-state index contributed by atoms with van der Waals surface area (Å²) >= 11 is 0.